The molecule has 3 amide bonds. The van der Waals surface area contributed by atoms with Gasteiger partial charge in [-0.25, -0.2) is 4.79 Å². The van der Waals surface area contributed by atoms with Gasteiger partial charge in [0.1, 0.15) is 13.2 Å². The molecule has 1 rings (SSSR count). The highest BCUT2D eigenvalue weighted by atomic mass is 19.4. The molecule has 1 N–H and O–H groups in total. The monoisotopic (exact) mass is 311 g/mol. The molecule has 0 radical (unpaired) electrons. The number of rotatable bonds is 5. The maximum atomic E-state index is 11.8. The third-order valence-electron chi connectivity index (χ3n) is 3.16. The molecular formula is C12H20F3N3O3. The lowest BCUT2D eigenvalue weighted by molar-refractivity contribution is -0.173. The first-order chi connectivity index (χ1) is 9.70. The van der Waals surface area contributed by atoms with Gasteiger partial charge in [-0.15, -0.1) is 0 Å². The fourth-order valence-corrected chi connectivity index (χ4v) is 1.85. The van der Waals surface area contributed by atoms with Gasteiger partial charge >= 0.3 is 12.2 Å². The first-order valence-corrected chi connectivity index (χ1v) is 6.63. The zero-order valence-corrected chi connectivity index (χ0v) is 12.1. The highest BCUT2D eigenvalue weighted by Gasteiger charge is 2.29. The van der Waals surface area contributed by atoms with E-state index in [1.54, 1.807) is 11.9 Å². The van der Waals surface area contributed by atoms with Crippen LogP contribution >= 0.6 is 0 Å². The van der Waals surface area contributed by atoms with Crippen molar-refractivity contribution in [2.75, 3.05) is 39.9 Å². The summed E-state index contributed by atoms with van der Waals surface area (Å²) >= 11 is 0. The third kappa shape index (κ3) is 6.19. The van der Waals surface area contributed by atoms with Crippen molar-refractivity contribution in [3.63, 3.8) is 0 Å². The Labute approximate surface area is 121 Å². The van der Waals surface area contributed by atoms with Crippen LogP contribution in [0.1, 0.15) is 13.3 Å². The largest absolute Gasteiger partial charge is 0.411 e. The van der Waals surface area contributed by atoms with Crippen LogP contribution < -0.4 is 5.32 Å². The van der Waals surface area contributed by atoms with Crippen LogP contribution in [0.5, 0.6) is 0 Å². The number of urea groups is 1. The van der Waals surface area contributed by atoms with Crippen molar-refractivity contribution >= 4 is 11.9 Å². The van der Waals surface area contributed by atoms with Crippen LogP contribution in [0.2, 0.25) is 0 Å². The standard InChI is InChI=1S/C12H20F3N3O3/c1-9-6-18(7-10(19)17(9)2)11(20)16-4-3-5-21-8-12(13,14)15/h9H,3-8H2,1-2H3,(H,16,20). The molecule has 0 aliphatic carbocycles. The average Bonchev–Trinajstić information content (AvgIpc) is 2.37. The molecule has 122 valence electrons. The van der Waals surface area contributed by atoms with E-state index in [0.717, 1.165) is 0 Å². The second-order valence-corrected chi connectivity index (χ2v) is 4.99. The fourth-order valence-electron chi connectivity index (χ4n) is 1.85. The number of alkyl halides is 3. The number of piperazine rings is 1. The van der Waals surface area contributed by atoms with Crippen LogP contribution in [-0.4, -0.2) is 73.9 Å². The van der Waals surface area contributed by atoms with E-state index in [1.165, 1.54) is 4.90 Å². The van der Waals surface area contributed by atoms with E-state index in [0.29, 0.717) is 6.54 Å². The molecule has 1 unspecified atom stereocenters. The maximum Gasteiger partial charge on any atom is 0.411 e. The molecule has 0 aromatic heterocycles. The molecule has 0 spiro atoms. The molecule has 0 aromatic rings. The van der Waals surface area contributed by atoms with Gasteiger partial charge in [0.2, 0.25) is 5.91 Å². The van der Waals surface area contributed by atoms with E-state index in [1.807, 2.05) is 6.92 Å². The van der Waals surface area contributed by atoms with Crippen molar-refractivity contribution in [3.8, 4) is 0 Å². The average molecular weight is 311 g/mol. The molecule has 0 bridgehead atoms. The number of carbonyl (C=O) groups is 2. The number of halogens is 3. The first kappa shape index (κ1) is 17.5. The van der Waals surface area contributed by atoms with E-state index < -0.39 is 12.8 Å². The number of hydrogen-bond donors (Lipinski definition) is 1. The molecule has 1 aliphatic heterocycles. The molecule has 1 saturated heterocycles. The summed E-state index contributed by atoms with van der Waals surface area (Å²) in [5.41, 5.74) is 0. The van der Waals surface area contributed by atoms with Crippen molar-refractivity contribution in [1.29, 1.82) is 0 Å². The summed E-state index contributed by atoms with van der Waals surface area (Å²) in [5, 5.41) is 2.56. The van der Waals surface area contributed by atoms with Crippen LogP contribution in [0.4, 0.5) is 18.0 Å². The zero-order chi connectivity index (χ0) is 16.0. The number of carbonyl (C=O) groups excluding carboxylic acids is 2. The van der Waals surface area contributed by atoms with Crippen LogP contribution in [0.25, 0.3) is 0 Å². The lowest BCUT2D eigenvalue weighted by Gasteiger charge is -2.37. The van der Waals surface area contributed by atoms with E-state index in [9.17, 15) is 22.8 Å². The highest BCUT2D eigenvalue weighted by molar-refractivity contribution is 5.85. The van der Waals surface area contributed by atoms with Crippen molar-refractivity contribution in [1.82, 2.24) is 15.1 Å². The van der Waals surface area contributed by atoms with E-state index in [-0.39, 0.29) is 44.1 Å². The van der Waals surface area contributed by atoms with Crippen molar-refractivity contribution in [3.05, 3.63) is 0 Å². The lowest BCUT2D eigenvalue weighted by Crippen LogP contribution is -2.57. The summed E-state index contributed by atoms with van der Waals surface area (Å²) in [6.45, 7) is 1.10. The van der Waals surface area contributed by atoms with E-state index in [4.69, 9.17) is 0 Å². The molecule has 1 atom stereocenters. The Morgan fingerprint density at radius 3 is 2.71 bits per heavy atom. The molecule has 0 aromatic carbocycles. The summed E-state index contributed by atoms with van der Waals surface area (Å²) in [4.78, 5) is 26.4. The Morgan fingerprint density at radius 1 is 1.48 bits per heavy atom. The van der Waals surface area contributed by atoms with Gasteiger partial charge in [0.25, 0.3) is 0 Å². The SMILES string of the molecule is CC1CN(C(=O)NCCCOCC(F)(F)F)CC(=O)N1C. The van der Waals surface area contributed by atoms with Gasteiger partial charge in [-0.3, -0.25) is 4.79 Å². The highest BCUT2D eigenvalue weighted by Crippen LogP contribution is 2.14. The molecule has 1 aliphatic rings. The van der Waals surface area contributed by atoms with E-state index >= 15 is 0 Å². The first-order valence-electron chi connectivity index (χ1n) is 6.63. The summed E-state index contributed by atoms with van der Waals surface area (Å²) in [6, 6.07) is -0.453. The zero-order valence-electron chi connectivity index (χ0n) is 12.1. The van der Waals surface area contributed by atoms with Crippen molar-refractivity contribution < 1.29 is 27.5 Å². The van der Waals surface area contributed by atoms with Gasteiger partial charge in [-0.2, -0.15) is 13.2 Å². The predicted molar refractivity (Wildman–Crippen MR) is 68.7 cm³/mol. The number of hydrogen-bond acceptors (Lipinski definition) is 3. The van der Waals surface area contributed by atoms with Gasteiger partial charge in [-0.1, -0.05) is 0 Å². The Kier molecular flexibility index (Phi) is 6.25. The lowest BCUT2D eigenvalue weighted by atomic mass is 10.2. The molecule has 1 fully saturated rings. The smallest absolute Gasteiger partial charge is 0.372 e. The summed E-state index contributed by atoms with van der Waals surface area (Å²) in [7, 11) is 1.68. The van der Waals surface area contributed by atoms with Gasteiger partial charge in [0.05, 0.1) is 0 Å². The molecule has 1 heterocycles. The third-order valence-corrected chi connectivity index (χ3v) is 3.16. The topological polar surface area (TPSA) is 61.9 Å². The number of ether oxygens (including phenoxy) is 1. The van der Waals surface area contributed by atoms with E-state index in [2.05, 4.69) is 10.1 Å². The quantitative estimate of drug-likeness (QED) is 0.765. The van der Waals surface area contributed by atoms with Crippen LogP contribution in [-0.2, 0) is 9.53 Å². The summed E-state index contributed by atoms with van der Waals surface area (Å²) in [6.07, 6.45) is -4.06. The summed E-state index contributed by atoms with van der Waals surface area (Å²) in [5.74, 6) is -0.141. The number of nitrogens with one attached hydrogen (secondary N) is 1. The fraction of sp³-hybridized carbons (Fsp3) is 0.833. The molecular weight excluding hydrogens is 291 g/mol. The Balaban J connectivity index is 2.18. The Hall–Kier alpha value is -1.51. The molecule has 21 heavy (non-hydrogen) atoms. The van der Waals surface area contributed by atoms with Gasteiger partial charge in [-0.05, 0) is 13.3 Å². The van der Waals surface area contributed by atoms with Crippen LogP contribution in [0.3, 0.4) is 0 Å². The van der Waals surface area contributed by atoms with Crippen molar-refractivity contribution in [2.45, 2.75) is 25.6 Å². The second-order valence-electron chi connectivity index (χ2n) is 4.99. The van der Waals surface area contributed by atoms with Gasteiger partial charge in [0.15, 0.2) is 0 Å². The Morgan fingerprint density at radius 2 is 2.14 bits per heavy atom. The minimum atomic E-state index is -4.33. The number of amides is 3. The van der Waals surface area contributed by atoms with Gasteiger partial charge in [0, 0.05) is 32.8 Å². The molecule has 9 heteroatoms. The normalized spacial score (nSPS) is 19.9. The van der Waals surface area contributed by atoms with Gasteiger partial charge < -0.3 is 19.9 Å². The number of nitrogens with zero attached hydrogens (tertiary/aromatic N) is 2. The minimum absolute atomic E-state index is 0.0112. The molecule has 6 nitrogen and oxygen atoms in total. The molecule has 0 saturated carbocycles. The Bertz CT molecular complexity index is 376. The number of likely N-dealkylation sites (N-methyl/N-ethyl adjacent to an activating group) is 1. The maximum absolute atomic E-state index is 11.8. The van der Waals surface area contributed by atoms with Crippen LogP contribution in [0, 0.1) is 0 Å². The van der Waals surface area contributed by atoms with Crippen molar-refractivity contribution in [2.24, 2.45) is 0 Å². The minimum Gasteiger partial charge on any atom is -0.372 e. The summed E-state index contributed by atoms with van der Waals surface area (Å²) < 4.78 is 39.8. The van der Waals surface area contributed by atoms with Crippen LogP contribution in [0.15, 0.2) is 0 Å². The second kappa shape index (κ2) is 7.48. The predicted octanol–water partition coefficient (Wildman–Crippen LogP) is 0.828.